The normalized spacial score (nSPS) is 18.1. The molecular weight excluding hydrogens is 625 g/mol. The molecule has 3 aliphatic rings. The minimum atomic E-state index is -4.73. The zero-order valence-corrected chi connectivity index (χ0v) is 25.6. The molecule has 1 aliphatic carbocycles. The van der Waals surface area contributed by atoms with Gasteiger partial charge in [-0.1, -0.05) is 6.08 Å². The highest BCUT2D eigenvalue weighted by Gasteiger charge is 2.48. The standard InChI is InChI=1S/C29H33F3N10O5/c1-16-24(44)23(35-15-34-16)27(46)40-9-7-28(8-10-40)6-3-19(22(28)26(45)42-38-25(39-42)18-4-11-47-12-5-18)33-14-21(43)37-20-13-36-41(17(20)2)29(30,31)32/h4,13,15,33,44H,3,5-12,14H2,1-2H3,(H,37,43)(H,38,39). The van der Waals surface area contributed by atoms with E-state index in [0.29, 0.717) is 62.4 Å². The van der Waals surface area contributed by atoms with Crippen LogP contribution in [0.4, 0.5) is 18.9 Å². The van der Waals surface area contributed by atoms with Gasteiger partial charge < -0.3 is 25.4 Å². The van der Waals surface area contributed by atoms with Gasteiger partial charge in [-0.2, -0.15) is 9.78 Å². The molecule has 0 aromatic carbocycles. The van der Waals surface area contributed by atoms with Crippen molar-refractivity contribution in [1.29, 1.82) is 0 Å². The van der Waals surface area contributed by atoms with Crippen LogP contribution in [0, 0.1) is 19.3 Å². The number of nitrogens with zero attached hydrogens (tertiary/aromatic N) is 7. The number of rotatable bonds is 7. The first-order valence-electron chi connectivity index (χ1n) is 15.0. The lowest BCUT2D eigenvalue weighted by Crippen LogP contribution is -2.45. The van der Waals surface area contributed by atoms with Gasteiger partial charge >= 0.3 is 6.30 Å². The average molecular weight is 659 g/mol. The number of amides is 2. The van der Waals surface area contributed by atoms with Crippen LogP contribution in [0.3, 0.4) is 0 Å². The zero-order chi connectivity index (χ0) is 33.5. The van der Waals surface area contributed by atoms with E-state index in [9.17, 15) is 32.7 Å². The van der Waals surface area contributed by atoms with Crippen molar-refractivity contribution in [2.45, 2.75) is 52.3 Å². The van der Waals surface area contributed by atoms with E-state index in [1.165, 1.54) is 13.3 Å². The number of carbonyl (C=O) groups is 3. The highest BCUT2D eigenvalue weighted by atomic mass is 19.4. The maximum absolute atomic E-state index is 14.0. The van der Waals surface area contributed by atoms with Crippen molar-refractivity contribution in [3.63, 3.8) is 0 Å². The lowest BCUT2D eigenvalue weighted by molar-refractivity contribution is -0.213. The molecule has 47 heavy (non-hydrogen) atoms. The van der Waals surface area contributed by atoms with Gasteiger partial charge in [-0.3, -0.25) is 19.5 Å². The van der Waals surface area contributed by atoms with E-state index < -0.39 is 29.4 Å². The molecule has 3 aromatic rings. The molecule has 1 fully saturated rings. The first-order valence-corrected chi connectivity index (χ1v) is 15.0. The Kier molecular flexibility index (Phi) is 8.37. The van der Waals surface area contributed by atoms with Gasteiger partial charge in [-0.05, 0) is 51.5 Å². The summed E-state index contributed by atoms with van der Waals surface area (Å²) in [6.45, 7) is 4.01. The second kappa shape index (κ2) is 12.3. The largest absolute Gasteiger partial charge is 0.504 e. The highest BCUT2D eigenvalue weighted by Crippen LogP contribution is 2.50. The van der Waals surface area contributed by atoms with E-state index in [-0.39, 0.29) is 52.8 Å². The van der Waals surface area contributed by atoms with Crippen LogP contribution in [-0.4, -0.2) is 95.3 Å². The van der Waals surface area contributed by atoms with E-state index in [0.717, 1.165) is 16.6 Å². The fraction of sp³-hybridized carbons (Fsp3) is 0.483. The van der Waals surface area contributed by atoms with Crippen LogP contribution in [0.5, 0.6) is 5.75 Å². The van der Waals surface area contributed by atoms with Crippen molar-refractivity contribution >= 4 is 29.0 Å². The molecule has 0 saturated carbocycles. The van der Waals surface area contributed by atoms with E-state index >= 15 is 0 Å². The van der Waals surface area contributed by atoms with Crippen molar-refractivity contribution in [1.82, 2.24) is 45.0 Å². The number of piperidine rings is 1. The Morgan fingerprint density at radius 1 is 1.11 bits per heavy atom. The molecule has 18 heteroatoms. The van der Waals surface area contributed by atoms with E-state index in [4.69, 9.17) is 4.74 Å². The van der Waals surface area contributed by atoms with Crippen LogP contribution < -0.4 is 10.6 Å². The fourth-order valence-electron chi connectivity index (χ4n) is 6.33. The minimum Gasteiger partial charge on any atom is -0.504 e. The van der Waals surface area contributed by atoms with Crippen LogP contribution in [0.1, 0.15) is 64.6 Å². The molecule has 2 amide bonds. The summed E-state index contributed by atoms with van der Waals surface area (Å²) in [5, 5.41) is 26.6. The summed E-state index contributed by atoms with van der Waals surface area (Å²) in [6, 6.07) is 0. The number of H-pyrrole nitrogens is 1. The van der Waals surface area contributed by atoms with Crippen molar-refractivity contribution in [2.24, 2.45) is 5.41 Å². The van der Waals surface area contributed by atoms with Crippen LogP contribution in [0.15, 0.2) is 29.9 Å². The van der Waals surface area contributed by atoms with E-state index in [2.05, 4.69) is 35.9 Å². The summed E-state index contributed by atoms with van der Waals surface area (Å²) >= 11 is 0. The average Bonchev–Trinajstić information content (AvgIpc) is 3.57. The summed E-state index contributed by atoms with van der Waals surface area (Å²) < 4.78 is 44.6. The topological polar surface area (TPSA) is 185 Å². The number of aromatic amines is 1. The van der Waals surface area contributed by atoms with Gasteiger partial charge in [0.25, 0.3) is 11.8 Å². The van der Waals surface area contributed by atoms with Gasteiger partial charge in [0.15, 0.2) is 17.3 Å². The number of likely N-dealkylation sites (tertiary alicyclic amines) is 1. The third kappa shape index (κ3) is 6.11. The van der Waals surface area contributed by atoms with Gasteiger partial charge in [0.2, 0.25) is 5.91 Å². The Bertz CT molecular complexity index is 1770. The Labute approximate surface area is 265 Å². The molecule has 0 radical (unpaired) electrons. The zero-order valence-electron chi connectivity index (χ0n) is 25.6. The molecule has 0 bridgehead atoms. The first-order chi connectivity index (χ1) is 22.4. The van der Waals surface area contributed by atoms with E-state index in [1.807, 2.05) is 6.08 Å². The van der Waals surface area contributed by atoms with Crippen molar-refractivity contribution < 1.29 is 37.4 Å². The Hall–Kier alpha value is -5.00. The van der Waals surface area contributed by atoms with Gasteiger partial charge in [-0.15, -0.1) is 23.1 Å². The maximum Gasteiger partial charge on any atom is 0.504 e. The van der Waals surface area contributed by atoms with Gasteiger partial charge in [0.1, 0.15) is 6.33 Å². The number of carbonyl (C=O) groups excluding carboxylic acids is 3. The first kappa shape index (κ1) is 32.0. The third-order valence-corrected chi connectivity index (χ3v) is 8.97. The summed E-state index contributed by atoms with van der Waals surface area (Å²) in [5.74, 6) is -1.19. The molecule has 1 saturated heterocycles. The number of aromatic hydroxyl groups is 1. The fourth-order valence-corrected chi connectivity index (χ4v) is 6.33. The molecule has 3 aromatic heterocycles. The number of alkyl halides is 3. The van der Waals surface area contributed by atoms with Crippen molar-refractivity contribution in [3.05, 3.63) is 52.8 Å². The predicted molar refractivity (Wildman–Crippen MR) is 158 cm³/mol. The number of ether oxygens (including phenoxy) is 1. The molecule has 1 spiro atoms. The Balaban J connectivity index is 1.21. The minimum absolute atomic E-state index is 0.0849. The molecular formula is C29H33F3N10O5. The molecule has 4 N–H and O–H groups in total. The predicted octanol–water partition coefficient (Wildman–Crippen LogP) is 2.64. The molecule has 2 aliphatic heterocycles. The number of hydrogen-bond donors (Lipinski definition) is 4. The van der Waals surface area contributed by atoms with Gasteiger partial charge in [0.05, 0.1) is 43.0 Å². The van der Waals surface area contributed by atoms with Crippen molar-refractivity contribution in [2.75, 3.05) is 38.2 Å². The Morgan fingerprint density at radius 2 is 1.85 bits per heavy atom. The monoisotopic (exact) mass is 658 g/mol. The smallest absolute Gasteiger partial charge is 0.504 e. The van der Waals surface area contributed by atoms with Crippen LogP contribution in [0.25, 0.3) is 5.57 Å². The summed E-state index contributed by atoms with van der Waals surface area (Å²) in [5.41, 5.74) is 1.07. The van der Waals surface area contributed by atoms with Crippen LogP contribution in [0.2, 0.25) is 0 Å². The molecule has 5 heterocycles. The third-order valence-electron chi connectivity index (χ3n) is 8.97. The molecule has 6 rings (SSSR count). The number of hydrogen-bond acceptors (Lipinski definition) is 10. The molecule has 250 valence electrons. The summed E-state index contributed by atoms with van der Waals surface area (Å²) in [6.07, 6.45) is 1.78. The molecule has 15 nitrogen and oxygen atoms in total. The lowest BCUT2D eigenvalue weighted by atomic mass is 9.72. The SMILES string of the molecule is Cc1ncnc(C(=O)N2CCC3(CCC(NCC(=O)Nc4cnn(C(F)(F)F)c4C)=C3C(=O)n3nc(C4=CCOCC4)[nH]3)CC2)c1O. The summed E-state index contributed by atoms with van der Waals surface area (Å²) in [4.78, 5) is 50.7. The van der Waals surface area contributed by atoms with E-state index in [1.54, 1.807) is 11.8 Å². The van der Waals surface area contributed by atoms with Crippen LogP contribution >= 0.6 is 0 Å². The molecule has 0 atom stereocenters. The number of nitrogens with one attached hydrogen (secondary N) is 3. The highest BCUT2D eigenvalue weighted by molar-refractivity contribution is 5.98. The number of aryl methyl sites for hydroxylation is 1. The van der Waals surface area contributed by atoms with Crippen molar-refractivity contribution in [3.8, 4) is 5.75 Å². The number of aromatic nitrogens is 7. The second-order valence-electron chi connectivity index (χ2n) is 11.7. The van der Waals surface area contributed by atoms with Gasteiger partial charge in [-0.25, -0.2) is 9.97 Å². The number of halogens is 3. The number of allylic oxidation sites excluding steroid dienone is 2. The Morgan fingerprint density at radius 3 is 2.51 bits per heavy atom. The van der Waals surface area contributed by atoms with Gasteiger partial charge in [0, 0.05) is 29.8 Å². The summed E-state index contributed by atoms with van der Waals surface area (Å²) in [7, 11) is 0. The van der Waals surface area contributed by atoms with Crippen LogP contribution in [-0.2, 0) is 15.8 Å². The lowest BCUT2D eigenvalue weighted by Gasteiger charge is -2.40. The second-order valence-corrected chi connectivity index (χ2v) is 11.7. The number of anilines is 1. The quantitative estimate of drug-likeness (QED) is 0.294. The molecule has 0 unspecified atom stereocenters. The maximum atomic E-state index is 14.0.